The summed E-state index contributed by atoms with van der Waals surface area (Å²) in [6.45, 7) is 1.06. The molecule has 0 amide bonds. The highest BCUT2D eigenvalue weighted by Gasteiger charge is 2.26. The standard InChI is InChI=1S/C11H15ClN2O4S2/c12-9-19(15,16)13-10-3-5-11(6-4-10)20(17,18)14-7-1-2-8-14/h3-6,13H,1-2,7-9H2. The Hall–Kier alpha value is -0.830. The summed E-state index contributed by atoms with van der Waals surface area (Å²) in [6.07, 6.45) is 1.74. The highest BCUT2D eigenvalue weighted by molar-refractivity contribution is 7.93. The molecule has 1 N–H and O–H groups in total. The Balaban J connectivity index is 2.20. The topological polar surface area (TPSA) is 83.5 Å². The maximum atomic E-state index is 12.3. The quantitative estimate of drug-likeness (QED) is 0.823. The van der Waals surface area contributed by atoms with Crippen LogP contribution in [0.2, 0.25) is 0 Å². The van der Waals surface area contributed by atoms with E-state index in [1.165, 1.54) is 28.6 Å². The zero-order valence-corrected chi connectivity index (χ0v) is 13.0. The second-order valence-corrected chi connectivity index (χ2v) is 8.71. The van der Waals surface area contributed by atoms with Crippen molar-refractivity contribution in [2.24, 2.45) is 0 Å². The number of sulfonamides is 2. The molecule has 0 aromatic heterocycles. The van der Waals surface area contributed by atoms with Crippen molar-refractivity contribution < 1.29 is 16.8 Å². The van der Waals surface area contributed by atoms with Gasteiger partial charge in [0.1, 0.15) is 5.21 Å². The molecule has 0 saturated carbocycles. The Labute approximate surface area is 123 Å². The molecule has 1 aromatic rings. The number of halogens is 1. The van der Waals surface area contributed by atoms with Crippen LogP contribution in [0.25, 0.3) is 0 Å². The molecule has 0 unspecified atom stereocenters. The van der Waals surface area contributed by atoms with E-state index in [0.29, 0.717) is 13.1 Å². The van der Waals surface area contributed by atoms with Crippen LogP contribution >= 0.6 is 11.6 Å². The van der Waals surface area contributed by atoms with E-state index in [1.54, 1.807) is 0 Å². The molecule has 9 heteroatoms. The Morgan fingerprint density at radius 3 is 2.10 bits per heavy atom. The fraction of sp³-hybridized carbons (Fsp3) is 0.455. The van der Waals surface area contributed by atoms with Gasteiger partial charge in [-0.3, -0.25) is 4.72 Å². The third-order valence-electron chi connectivity index (χ3n) is 2.97. The molecule has 0 bridgehead atoms. The van der Waals surface area contributed by atoms with Crippen LogP contribution in [0, 0.1) is 0 Å². The summed E-state index contributed by atoms with van der Waals surface area (Å²) in [5, 5.41) is -0.555. The van der Waals surface area contributed by atoms with Crippen molar-refractivity contribution in [2.45, 2.75) is 17.7 Å². The number of anilines is 1. The van der Waals surface area contributed by atoms with Crippen LogP contribution in [0.15, 0.2) is 29.2 Å². The molecule has 2 rings (SSSR count). The number of hydrogen-bond acceptors (Lipinski definition) is 4. The van der Waals surface area contributed by atoms with Gasteiger partial charge in [-0.1, -0.05) is 0 Å². The molecule has 1 heterocycles. The van der Waals surface area contributed by atoms with Gasteiger partial charge in [-0.25, -0.2) is 16.8 Å². The lowest BCUT2D eigenvalue weighted by Gasteiger charge is -2.15. The Bertz CT molecular complexity index is 665. The van der Waals surface area contributed by atoms with Crippen molar-refractivity contribution in [1.82, 2.24) is 4.31 Å². The minimum atomic E-state index is -3.58. The van der Waals surface area contributed by atoms with Gasteiger partial charge in [0.25, 0.3) is 0 Å². The normalized spacial score (nSPS) is 17.2. The zero-order valence-electron chi connectivity index (χ0n) is 10.6. The van der Waals surface area contributed by atoms with E-state index < -0.39 is 25.3 Å². The molecule has 1 aliphatic rings. The molecule has 0 atom stereocenters. The largest absolute Gasteiger partial charge is 0.283 e. The average Bonchev–Trinajstić information content (AvgIpc) is 2.93. The fourth-order valence-corrected chi connectivity index (χ4v) is 4.21. The van der Waals surface area contributed by atoms with Gasteiger partial charge in [0.2, 0.25) is 20.0 Å². The molecule has 20 heavy (non-hydrogen) atoms. The average molecular weight is 339 g/mol. The molecular formula is C11H15ClN2O4S2. The van der Waals surface area contributed by atoms with Gasteiger partial charge in [-0.2, -0.15) is 4.31 Å². The van der Waals surface area contributed by atoms with E-state index in [4.69, 9.17) is 11.6 Å². The molecule has 112 valence electrons. The van der Waals surface area contributed by atoms with Crippen molar-refractivity contribution in [3.8, 4) is 0 Å². The number of nitrogens with one attached hydrogen (secondary N) is 1. The lowest BCUT2D eigenvalue weighted by Crippen LogP contribution is -2.27. The maximum absolute atomic E-state index is 12.3. The number of hydrogen-bond donors (Lipinski definition) is 1. The molecule has 1 aliphatic heterocycles. The first-order valence-corrected chi connectivity index (χ1v) is 9.64. The Morgan fingerprint density at radius 1 is 1.05 bits per heavy atom. The van der Waals surface area contributed by atoms with E-state index >= 15 is 0 Å². The molecule has 1 fully saturated rings. The molecule has 1 aromatic carbocycles. The zero-order chi connectivity index (χ0) is 14.8. The minimum absolute atomic E-state index is 0.160. The van der Waals surface area contributed by atoms with E-state index in [1.807, 2.05) is 0 Å². The summed E-state index contributed by atoms with van der Waals surface area (Å²) in [7, 11) is -7.06. The van der Waals surface area contributed by atoms with Crippen LogP contribution in [0.5, 0.6) is 0 Å². The van der Waals surface area contributed by atoms with Crippen molar-refractivity contribution in [2.75, 3.05) is 23.0 Å². The van der Waals surface area contributed by atoms with Crippen LogP contribution in [-0.4, -0.2) is 39.4 Å². The highest BCUT2D eigenvalue weighted by Crippen LogP contribution is 2.22. The van der Waals surface area contributed by atoms with E-state index in [2.05, 4.69) is 4.72 Å². The van der Waals surface area contributed by atoms with Crippen LogP contribution in [-0.2, 0) is 20.0 Å². The monoisotopic (exact) mass is 338 g/mol. The van der Waals surface area contributed by atoms with Crippen LogP contribution in [0.3, 0.4) is 0 Å². The first-order valence-electron chi connectivity index (χ1n) is 6.02. The number of rotatable bonds is 5. The predicted octanol–water partition coefficient (Wildman–Crippen LogP) is 1.41. The van der Waals surface area contributed by atoms with E-state index in [-0.39, 0.29) is 10.6 Å². The van der Waals surface area contributed by atoms with Crippen LogP contribution in [0.1, 0.15) is 12.8 Å². The lowest BCUT2D eigenvalue weighted by atomic mass is 10.3. The van der Waals surface area contributed by atoms with Gasteiger partial charge in [-0.15, -0.1) is 11.6 Å². The van der Waals surface area contributed by atoms with Gasteiger partial charge in [0.05, 0.1) is 4.90 Å². The number of benzene rings is 1. The third kappa shape index (κ3) is 3.43. The second-order valence-electron chi connectivity index (χ2n) is 4.46. The van der Waals surface area contributed by atoms with Crippen LogP contribution in [0.4, 0.5) is 5.69 Å². The van der Waals surface area contributed by atoms with Gasteiger partial charge in [0, 0.05) is 18.8 Å². The van der Waals surface area contributed by atoms with Crippen molar-refractivity contribution in [3.63, 3.8) is 0 Å². The summed E-state index contributed by atoms with van der Waals surface area (Å²) in [6, 6.07) is 5.60. The lowest BCUT2D eigenvalue weighted by molar-refractivity contribution is 0.477. The molecule has 0 aliphatic carbocycles. The molecule has 6 nitrogen and oxygen atoms in total. The molecule has 1 saturated heterocycles. The summed E-state index contributed by atoms with van der Waals surface area (Å²) in [4.78, 5) is 0.160. The van der Waals surface area contributed by atoms with Crippen molar-refractivity contribution >= 4 is 37.3 Å². The smallest absolute Gasteiger partial charge is 0.246 e. The van der Waals surface area contributed by atoms with Gasteiger partial charge < -0.3 is 0 Å². The maximum Gasteiger partial charge on any atom is 0.246 e. The summed E-state index contributed by atoms with van der Waals surface area (Å²) >= 11 is 5.28. The second kappa shape index (κ2) is 5.88. The summed E-state index contributed by atoms with van der Waals surface area (Å²) in [5.41, 5.74) is 0.283. The molecule has 0 spiro atoms. The predicted molar refractivity (Wildman–Crippen MR) is 77.7 cm³/mol. The number of nitrogens with zero attached hydrogens (tertiary/aromatic N) is 1. The molecule has 0 radical (unpaired) electrons. The Kier molecular flexibility index (Phi) is 4.58. The first kappa shape index (κ1) is 15.6. The van der Waals surface area contributed by atoms with Crippen molar-refractivity contribution in [1.29, 1.82) is 0 Å². The first-order chi connectivity index (χ1) is 9.35. The van der Waals surface area contributed by atoms with Gasteiger partial charge in [0.15, 0.2) is 0 Å². The van der Waals surface area contributed by atoms with E-state index in [0.717, 1.165) is 12.8 Å². The van der Waals surface area contributed by atoms with Crippen molar-refractivity contribution in [3.05, 3.63) is 24.3 Å². The SMILES string of the molecule is O=S(=O)(CCl)Nc1ccc(S(=O)(=O)N2CCCC2)cc1. The van der Waals surface area contributed by atoms with Gasteiger partial charge in [-0.05, 0) is 37.1 Å². The fourth-order valence-electron chi connectivity index (χ4n) is 1.98. The third-order valence-corrected chi connectivity index (χ3v) is 6.58. The minimum Gasteiger partial charge on any atom is -0.283 e. The molecular weight excluding hydrogens is 324 g/mol. The summed E-state index contributed by atoms with van der Waals surface area (Å²) < 4.78 is 50.8. The van der Waals surface area contributed by atoms with E-state index in [9.17, 15) is 16.8 Å². The Morgan fingerprint density at radius 2 is 1.60 bits per heavy atom. The van der Waals surface area contributed by atoms with Gasteiger partial charge >= 0.3 is 0 Å². The summed E-state index contributed by atoms with van der Waals surface area (Å²) in [5.74, 6) is 0. The van der Waals surface area contributed by atoms with Crippen LogP contribution < -0.4 is 4.72 Å². The highest BCUT2D eigenvalue weighted by atomic mass is 35.5. The number of alkyl halides is 1.